The van der Waals surface area contributed by atoms with Crippen LogP contribution in [-0.4, -0.2) is 4.98 Å². The fourth-order valence-electron chi connectivity index (χ4n) is 1.33. The summed E-state index contributed by atoms with van der Waals surface area (Å²) in [4.78, 5) is 4.10. The lowest BCUT2D eigenvalue weighted by Crippen LogP contribution is -1.80. The first-order valence-electron chi connectivity index (χ1n) is 4.44. The van der Waals surface area contributed by atoms with Crippen molar-refractivity contribution >= 4 is 15.9 Å². The van der Waals surface area contributed by atoms with Gasteiger partial charge in [0.1, 0.15) is 4.60 Å². The van der Waals surface area contributed by atoms with E-state index in [0.717, 1.165) is 4.60 Å². The molecule has 14 heavy (non-hydrogen) atoms. The highest BCUT2D eigenvalue weighted by Crippen LogP contribution is 2.21. The van der Waals surface area contributed by atoms with Crippen LogP contribution in [0.25, 0.3) is 11.1 Å². The predicted molar refractivity (Wildman–Crippen MR) is 62.1 cm³/mol. The molecule has 2 heteroatoms. The van der Waals surface area contributed by atoms with E-state index in [0.29, 0.717) is 0 Å². The summed E-state index contributed by atoms with van der Waals surface area (Å²) in [7, 11) is 0. The first kappa shape index (κ1) is 9.41. The van der Waals surface area contributed by atoms with Gasteiger partial charge in [0.05, 0.1) is 0 Å². The van der Waals surface area contributed by atoms with Gasteiger partial charge in [-0.2, -0.15) is 0 Å². The zero-order chi connectivity index (χ0) is 9.97. The maximum Gasteiger partial charge on any atom is 0.106 e. The van der Waals surface area contributed by atoms with E-state index in [9.17, 15) is 0 Å². The van der Waals surface area contributed by atoms with E-state index in [-0.39, 0.29) is 0 Å². The molecule has 0 saturated carbocycles. The molecular weight excluding hydrogens is 238 g/mol. The van der Waals surface area contributed by atoms with Gasteiger partial charge in [-0.1, -0.05) is 29.8 Å². The minimum Gasteiger partial charge on any atom is -0.249 e. The smallest absolute Gasteiger partial charge is 0.106 e. The molecule has 0 N–H and O–H groups in total. The van der Waals surface area contributed by atoms with Crippen molar-refractivity contribution in [3.8, 4) is 11.1 Å². The van der Waals surface area contributed by atoms with Crippen molar-refractivity contribution in [2.75, 3.05) is 0 Å². The molecule has 0 aliphatic carbocycles. The van der Waals surface area contributed by atoms with Gasteiger partial charge in [0.15, 0.2) is 0 Å². The molecule has 70 valence electrons. The molecule has 0 unspecified atom stereocenters. The van der Waals surface area contributed by atoms with Gasteiger partial charge in [0, 0.05) is 6.20 Å². The number of pyridine rings is 1. The van der Waals surface area contributed by atoms with Gasteiger partial charge in [-0.15, -0.1) is 0 Å². The molecule has 0 fully saturated rings. The third-order valence-electron chi connectivity index (χ3n) is 2.11. The fraction of sp³-hybridized carbons (Fsp3) is 0.0833. The van der Waals surface area contributed by atoms with Gasteiger partial charge in [0.2, 0.25) is 0 Å². The van der Waals surface area contributed by atoms with Crippen LogP contribution in [0.1, 0.15) is 5.56 Å². The van der Waals surface area contributed by atoms with Crippen LogP contribution in [0, 0.1) is 6.92 Å². The Labute approximate surface area is 91.9 Å². The summed E-state index contributed by atoms with van der Waals surface area (Å²) in [5.41, 5.74) is 3.69. The summed E-state index contributed by atoms with van der Waals surface area (Å²) < 4.78 is 0.871. The second-order valence-corrected chi connectivity index (χ2v) is 4.05. The number of halogens is 1. The second-order valence-electron chi connectivity index (χ2n) is 3.23. The molecule has 2 aromatic rings. The summed E-state index contributed by atoms with van der Waals surface area (Å²) >= 11 is 3.36. The van der Waals surface area contributed by atoms with Gasteiger partial charge >= 0.3 is 0 Å². The van der Waals surface area contributed by atoms with Crippen LogP contribution in [-0.2, 0) is 0 Å². The van der Waals surface area contributed by atoms with Crippen LogP contribution in [0.4, 0.5) is 0 Å². The number of hydrogen-bond donors (Lipinski definition) is 0. The molecule has 0 radical (unpaired) electrons. The first-order chi connectivity index (χ1) is 6.75. The summed E-state index contributed by atoms with van der Waals surface area (Å²) in [5.74, 6) is 0. The van der Waals surface area contributed by atoms with Gasteiger partial charge in [0.25, 0.3) is 0 Å². The van der Waals surface area contributed by atoms with Crippen LogP contribution in [0.5, 0.6) is 0 Å². The Hall–Kier alpha value is -1.15. The Morgan fingerprint density at radius 1 is 1.00 bits per heavy atom. The molecule has 0 amide bonds. The predicted octanol–water partition coefficient (Wildman–Crippen LogP) is 3.82. The molecule has 2 rings (SSSR count). The van der Waals surface area contributed by atoms with Crippen molar-refractivity contribution in [2.45, 2.75) is 6.92 Å². The standard InChI is InChI=1S/C12H10BrN/c1-9-2-4-10(5-3-9)11-6-7-14-12(13)8-11/h2-8H,1H3. The highest BCUT2D eigenvalue weighted by molar-refractivity contribution is 9.10. The summed E-state index contributed by atoms with van der Waals surface area (Å²) in [6, 6.07) is 12.5. The van der Waals surface area contributed by atoms with Gasteiger partial charge in [-0.25, -0.2) is 4.98 Å². The average Bonchev–Trinajstić information content (AvgIpc) is 2.19. The summed E-state index contributed by atoms with van der Waals surface area (Å²) in [6.45, 7) is 2.09. The lowest BCUT2D eigenvalue weighted by atomic mass is 10.1. The number of aromatic nitrogens is 1. The molecule has 1 aromatic carbocycles. The molecule has 0 spiro atoms. The largest absolute Gasteiger partial charge is 0.249 e. The van der Waals surface area contributed by atoms with Crippen LogP contribution >= 0.6 is 15.9 Å². The molecular formula is C12H10BrN. The number of benzene rings is 1. The Balaban J connectivity index is 2.44. The maximum atomic E-state index is 4.10. The second kappa shape index (κ2) is 3.93. The quantitative estimate of drug-likeness (QED) is 0.699. The monoisotopic (exact) mass is 247 g/mol. The highest BCUT2D eigenvalue weighted by Gasteiger charge is 1.97. The van der Waals surface area contributed by atoms with E-state index in [1.54, 1.807) is 6.20 Å². The Bertz CT molecular complexity index is 434. The third kappa shape index (κ3) is 2.02. The average molecular weight is 248 g/mol. The van der Waals surface area contributed by atoms with E-state index >= 15 is 0 Å². The van der Waals surface area contributed by atoms with Crippen molar-refractivity contribution in [3.05, 3.63) is 52.8 Å². The number of aryl methyl sites for hydroxylation is 1. The Morgan fingerprint density at radius 3 is 2.36 bits per heavy atom. The van der Waals surface area contributed by atoms with E-state index in [1.807, 2.05) is 12.1 Å². The number of nitrogens with zero attached hydrogens (tertiary/aromatic N) is 1. The van der Waals surface area contributed by atoms with Crippen molar-refractivity contribution < 1.29 is 0 Å². The van der Waals surface area contributed by atoms with Crippen molar-refractivity contribution in [3.63, 3.8) is 0 Å². The van der Waals surface area contributed by atoms with E-state index in [2.05, 4.69) is 52.1 Å². The van der Waals surface area contributed by atoms with Crippen LogP contribution < -0.4 is 0 Å². The molecule has 1 aromatic heterocycles. The Kier molecular flexibility index (Phi) is 2.64. The first-order valence-corrected chi connectivity index (χ1v) is 5.23. The molecule has 0 aliphatic heterocycles. The highest BCUT2D eigenvalue weighted by atomic mass is 79.9. The molecule has 0 saturated heterocycles. The molecule has 1 heterocycles. The normalized spacial score (nSPS) is 10.1. The van der Waals surface area contributed by atoms with Crippen molar-refractivity contribution in [1.29, 1.82) is 0 Å². The molecule has 0 aliphatic rings. The van der Waals surface area contributed by atoms with Crippen molar-refractivity contribution in [2.24, 2.45) is 0 Å². The number of rotatable bonds is 1. The summed E-state index contributed by atoms with van der Waals surface area (Å²) in [5, 5.41) is 0. The van der Waals surface area contributed by atoms with E-state index in [4.69, 9.17) is 0 Å². The maximum absolute atomic E-state index is 4.10. The van der Waals surface area contributed by atoms with Gasteiger partial charge < -0.3 is 0 Å². The molecule has 0 bridgehead atoms. The minimum absolute atomic E-state index is 0.871. The van der Waals surface area contributed by atoms with Gasteiger partial charge in [-0.05, 0) is 46.1 Å². The van der Waals surface area contributed by atoms with Crippen LogP contribution in [0.15, 0.2) is 47.2 Å². The van der Waals surface area contributed by atoms with E-state index < -0.39 is 0 Å². The summed E-state index contributed by atoms with van der Waals surface area (Å²) in [6.07, 6.45) is 1.80. The lowest BCUT2D eigenvalue weighted by Gasteiger charge is -2.01. The molecule has 1 nitrogen and oxygen atoms in total. The lowest BCUT2D eigenvalue weighted by molar-refractivity contribution is 1.28. The Morgan fingerprint density at radius 2 is 1.71 bits per heavy atom. The zero-order valence-electron chi connectivity index (χ0n) is 7.87. The minimum atomic E-state index is 0.871. The third-order valence-corrected chi connectivity index (χ3v) is 2.55. The fourth-order valence-corrected chi connectivity index (χ4v) is 1.69. The topological polar surface area (TPSA) is 12.9 Å². The zero-order valence-corrected chi connectivity index (χ0v) is 9.45. The van der Waals surface area contributed by atoms with Gasteiger partial charge in [-0.3, -0.25) is 0 Å². The van der Waals surface area contributed by atoms with Crippen LogP contribution in [0.3, 0.4) is 0 Å². The van der Waals surface area contributed by atoms with Crippen molar-refractivity contribution in [1.82, 2.24) is 4.98 Å². The van der Waals surface area contributed by atoms with E-state index in [1.165, 1.54) is 16.7 Å². The van der Waals surface area contributed by atoms with Crippen LogP contribution in [0.2, 0.25) is 0 Å². The molecule has 0 atom stereocenters. The SMILES string of the molecule is Cc1ccc(-c2ccnc(Br)c2)cc1. The number of hydrogen-bond acceptors (Lipinski definition) is 1.